The SMILES string of the molecule is O=C(CC(NC(=O)c1ccccc1)c1ccccc1)NC1CS(=O)(=O)CC1N1CCCC1. The fourth-order valence-electron chi connectivity index (χ4n) is 4.62. The van der Waals surface area contributed by atoms with E-state index in [9.17, 15) is 18.0 Å². The molecule has 2 saturated heterocycles. The van der Waals surface area contributed by atoms with Crippen LogP contribution in [0.15, 0.2) is 60.7 Å². The Hall–Kier alpha value is -2.71. The minimum absolute atomic E-state index is 0.0336. The quantitative estimate of drug-likeness (QED) is 0.665. The molecule has 2 aliphatic rings. The van der Waals surface area contributed by atoms with E-state index in [2.05, 4.69) is 15.5 Å². The molecule has 2 heterocycles. The monoisotopic (exact) mass is 455 g/mol. The third kappa shape index (κ3) is 5.55. The summed E-state index contributed by atoms with van der Waals surface area (Å²) >= 11 is 0. The van der Waals surface area contributed by atoms with E-state index in [1.165, 1.54) is 0 Å². The molecular weight excluding hydrogens is 426 g/mol. The highest BCUT2D eigenvalue weighted by molar-refractivity contribution is 7.91. The summed E-state index contributed by atoms with van der Waals surface area (Å²) in [6.45, 7) is 1.73. The summed E-state index contributed by atoms with van der Waals surface area (Å²) in [7, 11) is -3.19. The normalized spacial score (nSPS) is 23.5. The molecule has 0 aliphatic carbocycles. The van der Waals surface area contributed by atoms with Crippen molar-refractivity contribution in [3.8, 4) is 0 Å². The Morgan fingerprint density at radius 3 is 2.22 bits per heavy atom. The maximum Gasteiger partial charge on any atom is 0.251 e. The first kappa shape index (κ1) is 22.5. The zero-order valence-corrected chi connectivity index (χ0v) is 18.8. The molecule has 170 valence electrons. The first-order valence-corrected chi connectivity index (χ1v) is 12.9. The van der Waals surface area contributed by atoms with Gasteiger partial charge < -0.3 is 10.6 Å². The summed E-state index contributed by atoms with van der Waals surface area (Å²) in [4.78, 5) is 27.9. The average molecular weight is 456 g/mol. The summed E-state index contributed by atoms with van der Waals surface area (Å²) < 4.78 is 24.6. The van der Waals surface area contributed by atoms with Crippen molar-refractivity contribution in [3.63, 3.8) is 0 Å². The second kappa shape index (κ2) is 9.83. The summed E-state index contributed by atoms with van der Waals surface area (Å²) in [6, 6.07) is 17.1. The fraction of sp³-hybridized carbons (Fsp3) is 0.417. The molecule has 32 heavy (non-hydrogen) atoms. The van der Waals surface area contributed by atoms with E-state index in [1.807, 2.05) is 36.4 Å². The molecule has 0 spiro atoms. The van der Waals surface area contributed by atoms with Crippen LogP contribution in [0, 0.1) is 0 Å². The molecule has 0 radical (unpaired) electrons. The van der Waals surface area contributed by atoms with Crippen molar-refractivity contribution in [2.24, 2.45) is 0 Å². The van der Waals surface area contributed by atoms with Gasteiger partial charge >= 0.3 is 0 Å². The van der Waals surface area contributed by atoms with Gasteiger partial charge in [-0.15, -0.1) is 0 Å². The molecule has 0 saturated carbocycles. The van der Waals surface area contributed by atoms with Crippen LogP contribution in [-0.4, -0.2) is 61.8 Å². The van der Waals surface area contributed by atoms with E-state index in [-0.39, 0.29) is 35.8 Å². The van der Waals surface area contributed by atoms with Gasteiger partial charge in [0.25, 0.3) is 5.91 Å². The van der Waals surface area contributed by atoms with E-state index < -0.39 is 21.9 Å². The number of benzene rings is 2. The second-order valence-electron chi connectivity index (χ2n) is 8.57. The molecule has 2 aliphatic heterocycles. The van der Waals surface area contributed by atoms with Crippen LogP contribution >= 0.6 is 0 Å². The largest absolute Gasteiger partial charge is 0.351 e. The Kier molecular flexibility index (Phi) is 6.91. The molecule has 8 heteroatoms. The van der Waals surface area contributed by atoms with Gasteiger partial charge in [0.05, 0.1) is 30.0 Å². The fourth-order valence-corrected chi connectivity index (χ4v) is 6.57. The van der Waals surface area contributed by atoms with Crippen molar-refractivity contribution < 1.29 is 18.0 Å². The Balaban J connectivity index is 1.46. The lowest BCUT2D eigenvalue weighted by molar-refractivity contribution is -0.122. The maximum atomic E-state index is 13.0. The van der Waals surface area contributed by atoms with Gasteiger partial charge in [-0.3, -0.25) is 14.5 Å². The Morgan fingerprint density at radius 2 is 1.56 bits per heavy atom. The predicted molar refractivity (Wildman–Crippen MR) is 123 cm³/mol. The molecule has 2 aromatic rings. The van der Waals surface area contributed by atoms with Gasteiger partial charge in [-0.1, -0.05) is 48.5 Å². The molecule has 2 N–H and O–H groups in total. The van der Waals surface area contributed by atoms with Crippen LogP contribution in [0.4, 0.5) is 0 Å². The van der Waals surface area contributed by atoms with Crippen LogP contribution < -0.4 is 10.6 Å². The minimum atomic E-state index is -3.19. The predicted octanol–water partition coefficient (Wildman–Crippen LogP) is 1.93. The Labute approximate surface area is 189 Å². The number of carbonyl (C=O) groups excluding carboxylic acids is 2. The molecule has 7 nitrogen and oxygen atoms in total. The smallest absolute Gasteiger partial charge is 0.251 e. The van der Waals surface area contributed by atoms with Crippen molar-refractivity contribution in [1.82, 2.24) is 15.5 Å². The lowest BCUT2D eigenvalue weighted by Crippen LogP contribution is -2.50. The average Bonchev–Trinajstić information content (AvgIpc) is 3.42. The van der Waals surface area contributed by atoms with Gasteiger partial charge in [-0.25, -0.2) is 8.42 Å². The van der Waals surface area contributed by atoms with E-state index >= 15 is 0 Å². The van der Waals surface area contributed by atoms with E-state index in [1.54, 1.807) is 24.3 Å². The molecule has 4 rings (SSSR count). The Morgan fingerprint density at radius 1 is 0.938 bits per heavy atom. The zero-order chi connectivity index (χ0) is 22.6. The van der Waals surface area contributed by atoms with Crippen LogP contribution in [0.5, 0.6) is 0 Å². The first-order chi connectivity index (χ1) is 15.4. The highest BCUT2D eigenvalue weighted by atomic mass is 32.2. The van der Waals surface area contributed by atoms with Crippen LogP contribution in [0.1, 0.15) is 41.2 Å². The van der Waals surface area contributed by atoms with Crippen LogP contribution in [0.2, 0.25) is 0 Å². The number of likely N-dealkylation sites (tertiary alicyclic amines) is 1. The third-order valence-electron chi connectivity index (χ3n) is 6.21. The lowest BCUT2D eigenvalue weighted by Gasteiger charge is -2.29. The van der Waals surface area contributed by atoms with Crippen LogP contribution in [0.3, 0.4) is 0 Å². The second-order valence-corrected chi connectivity index (χ2v) is 10.7. The van der Waals surface area contributed by atoms with Gasteiger partial charge in [0.15, 0.2) is 9.84 Å². The van der Waals surface area contributed by atoms with Crippen molar-refractivity contribution in [2.75, 3.05) is 24.6 Å². The van der Waals surface area contributed by atoms with Gasteiger partial charge in [0.1, 0.15) is 0 Å². The summed E-state index contributed by atoms with van der Waals surface area (Å²) in [5, 5.41) is 5.92. The number of hydrogen-bond donors (Lipinski definition) is 2. The zero-order valence-electron chi connectivity index (χ0n) is 17.9. The molecule has 2 aromatic carbocycles. The third-order valence-corrected chi connectivity index (χ3v) is 7.93. The lowest BCUT2D eigenvalue weighted by atomic mass is 10.0. The van der Waals surface area contributed by atoms with Gasteiger partial charge in [-0.05, 0) is 43.6 Å². The number of amides is 2. The molecule has 0 aromatic heterocycles. The molecule has 3 unspecified atom stereocenters. The van der Waals surface area contributed by atoms with Crippen molar-refractivity contribution in [2.45, 2.75) is 37.4 Å². The number of nitrogens with zero attached hydrogens (tertiary/aromatic N) is 1. The van der Waals surface area contributed by atoms with Crippen LogP contribution in [0.25, 0.3) is 0 Å². The highest BCUT2D eigenvalue weighted by Gasteiger charge is 2.42. The number of carbonyl (C=O) groups is 2. The maximum absolute atomic E-state index is 13.0. The van der Waals surface area contributed by atoms with Gasteiger partial charge in [0, 0.05) is 11.6 Å². The van der Waals surface area contributed by atoms with Crippen molar-refractivity contribution >= 4 is 21.7 Å². The van der Waals surface area contributed by atoms with E-state index in [0.717, 1.165) is 31.5 Å². The minimum Gasteiger partial charge on any atom is -0.351 e. The number of nitrogens with one attached hydrogen (secondary N) is 2. The molecule has 0 bridgehead atoms. The summed E-state index contributed by atoms with van der Waals surface area (Å²) in [5.74, 6) is -0.471. The van der Waals surface area contributed by atoms with Crippen molar-refractivity contribution in [1.29, 1.82) is 0 Å². The van der Waals surface area contributed by atoms with Gasteiger partial charge in [0.2, 0.25) is 5.91 Å². The van der Waals surface area contributed by atoms with E-state index in [4.69, 9.17) is 0 Å². The summed E-state index contributed by atoms with van der Waals surface area (Å²) in [5.41, 5.74) is 1.34. The molecule has 3 atom stereocenters. The summed E-state index contributed by atoms with van der Waals surface area (Å²) in [6.07, 6.45) is 2.14. The van der Waals surface area contributed by atoms with Crippen LogP contribution in [-0.2, 0) is 14.6 Å². The number of rotatable bonds is 7. The van der Waals surface area contributed by atoms with E-state index in [0.29, 0.717) is 5.56 Å². The Bertz CT molecular complexity index is 1040. The molecular formula is C24H29N3O4S. The number of sulfone groups is 1. The molecule has 2 fully saturated rings. The molecule has 2 amide bonds. The first-order valence-electron chi connectivity index (χ1n) is 11.1. The highest BCUT2D eigenvalue weighted by Crippen LogP contribution is 2.24. The topological polar surface area (TPSA) is 95.6 Å². The van der Waals surface area contributed by atoms with Gasteiger partial charge in [-0.2, -0.15) is 0 Å². The standard InChI is InChI=1S/C24H29N3O4S/c28-23(25-21-16-32(30,31)17-22(21)27-13-7-8-14-27)15-20(18-9-3-1-4-10-18)26-24(29)19-11-5-2-6-12-19/h1-6,9-12,20-22H,7-8,13-17H2,(H,25,28)(H,26,29). The number of hydrogen-bond acceptors (Lipinski definition) is 5. The van der Waals surface area contributed by atoms with Crippen molar-refractivity contribution in [3.05, 3.63) is 71.8 Å².